The zero-order chi connectivity index (χ0) is 17.0. The molecule has 2 aromatic rings. The van der Waals surface area contributed by atoms with Crippen LogP contribution in [0.25, 0.3) is 11.1 Å². The first-order chi connectivity index (χ1) is 10.9. The number of carbonyl (C=O) groups excluding carboxylic acids is 1. The number of hydrogen-bond acceptors (Lipinski definition) is 2. The Morgan fingerprint density at radius 1 is 1.13 bits per heavy atom. The van der Waals surface area contributed by atoms with Gasteiger partial charge in [0.15, 0.2) is 0 Å². The van der Waals surface area contributed by atoms with Crippen LogP contribution in [0.5, 0.6) is 0 Å². The minimum atomic E-state index is -0.104. The van der Waals surface area contributed by atoms with E-state index in [1.54, 1.807) is 19.2 Å². The van der Waals surface area contributed by atoms with Gasteiger partial charge in [0.2, 0.25) is 0 Å². The molecule has 0 fully saturated rings. The summed E-state index contributed by atoms with van der Waals surface area (Å²) in [6.07, 6.45) is 0. The van der Waals surface area contributed by atoms with Crippen LogP contribution in [0.3, 0.4) is 0 Å². The standard InChI is InChI=1S/C18H19Cl2NO2/c1-11(2)21-18(22)12-4-5-17(14(6-12)10-23-3)13-7-15(19)9-16(20)8-13/h4-9,11H,10H2,1-3H3,(H,21,22). The van der Waals surface area contributed by atoms with E-state index in [4.69, 9.17) is 27.9 Å². The molecule has 2 aromatic carbocycles. The summed E-state index contributed by atoms with van der Waals surface area (Å²) in [6, 6.07) is 11.0. The second-order valence-electron chi connectivity index (χ2n) is 5.59. The van der Waals surface area contributed by atoms with E-state index in [9.17, 15) is 4.79 Å². The molecule has 122 valence electrons. The highest BCUT2D eigenvalue weighted by molar-refractivity contribution is 6.35. The first-order valence-electron chi connectivity index (χ1n) is 7.30. The Morgan fingerprint density at radius 3 is 2.35 bits per heavy atom. The summed E-state index contributed by atoms with van der Waals surface area (Å²) in [5, 5.41) is 4.02. The van der Waals surface area contributed by atoms with Crippen molar-refractivity contribution in [1.29, 1.82) is 0 Å². The molecule has 0 saturated heterocycles. The molecule has 0 unspecified atom stereocenters. The quantitative estimate of drug-likeness (QED) is 0.827. The van der Waals surface area contributed by atoms with Gasteiger partial charge in [-0.2, -0.15) is 0 Å². The molecule has 0 aliphatic heterocycles. The van der Waals surface area contributed by atoms with E-state index in [-0.39, 0.29) is 11.9 Å². The van der Waals surface area contributed by atoms with E-state index in [2.05, 4.69) is 5.32 Å². The molecule has 0 spiro atoms. The number of carbonyl (C=O) groups is 1. The van der Waals surface area contributed by atoms with Crippen LogP contribution in [0.15, 0.2) is 36.4 Å². The van der Waals surface area contributed by atoms with Crippen LogP contribution in [-0.4, -0.2) is 19.1 Å². The van der Waals surface area contributed by atoms with E-state index < -0.39 is 0 Å². The fraction of sp³-hybridized carbons (Fsp3) is 0.278. The van der Waals surface area contributed by atoms with Gasteiger partial charge in [-0.25, -0.2) is 0 Å². The fourth-order valence-electron chi connectivity index (χ4n) is 2.35. The molecule has 0 aromatic heterocycles. The van der Waals surface area contributed by atoms with Gasteiger partial charge in [0.05, 0.1) is 6.61 Å². The zero-order valence-electron chi connectivity index (χ0n) is 13.3. The van der Waals surface area contributed by atoms with Crippen molar-refractivity contribution in [3.8, 4) is 11.1 Å². The lowest BCUT2D eigenvalue weighted by molar-refractivity contribution is 0.0943. The SMILES string of the molecule is COCc1cc(C(=O)NC(C)C)ccc1-c1cc(Cl)cc(Cl)c1. The Bertz CT molecular complexity index is 694. The minimum Gasteiger partial charge on any atom is -0.380 e. The number of amides is 1. The summed E-state index contributed by atoms with van der Waals surface area (Å²) in [7, 11) is 1.62. The Labute approximate surface area is 146 Å². The third kappa shape index (κ3) is 4.71. The highest BCUT2D eigenvalue weighted by Crippen LogP contribution is 2.30. The van der Waals surface area contributed by atoms with Gasteiger partial charge in [0, 0.05) is 28.8 Å². The summed E-state index contributed by atoms with van der Waals surface area (Å²) < 4.78 is 5.27. The molecule has 0 bridgehead atoms. The second-order valence-corrected chi connectivity index (χ2v) is 6.46. The van der Waals surface area contributed by atoms with Gasteiger partial charge in [-0.05, 0) is 60.9 Å². The number of halogens is 2. The van der Waals surface area contributed by atoms with E-state index in [1.807, 2.05) is 38.1 Å². The maximum Gasteiger partial charge on any atom is 0.251 e. The van der Waals surface area contributed by atoms with Gasteiger partial charge >= 0.3 is 0 Å². The summed E-state index contributed by atoms with van der Waals surface area (Å²) in [4.78, 5) is 12.2. The molecule has 0 saturated carbocycles. The third-order valence-electron chi connectivity index (χ3n) is 3.26. The number of ether oxygens (including phenoxy) is 1. The normalized spacial score (nSPS) is 10.9. The summed E-state index contributed by atoms with van der Waals surface area (Å²) >= 11 is 12.2. The van der Waals surface area contributed by atoms with Crippen molar-refractivity contribution in [2.45, 2.75) is 26.5 Å². The molecular formula is C18H19Cl2NO2. The van der Waals surface area contributed by atoms with Gasteiger partial charge in [0.1, 0.15) is 0 Å². The Balaban J connectivity index is 2.46. The molecule has 0 radical (unpaired) electrons. The monoisotopic (exact) mass is 351 g/mol. The van der Waals surface area contributed by atoms with Crippen molar-refractivity contribution in [2.75, 3.05) is 7.11 Å². The Hall–Kier alpha value is -1.55. The summed E-state index contributed by atoms with van der Waals surface area (Å²) in [5.41, 5.74) is 3.34. The topological polar surface area (TPSA) is 38.3 Å². The lowest BCUT2D eigenvalue weighted by atomic mass is 9.97. The number of nitrogens with one attached hydrogen (secondary N) is 1. The molecule has 5 heteroatoms. The number of methoxy groups -OCH3 is 1. The van der Waals surface area contributed by atoms with Crippen LogP contribution in [0.2, 0.25) is 10.0 Å². The Kier molecular flexibility index (Phi) is 6.05. The maximum atomic E-state index is 12.2. The first-order valence-corrected chi connectivity index (χ1v) is 8.05. The summed E-state index contributed by atoms with van der Waals surface area (Å²) in [6.45, 7) is 4.24. The van der Waals surface area contributed by atoms with Crippen molar-refractivity contribution < 1.29 is 9.53 Å². The maximum absolute atomic E-state index is 12.2. The largest absolute Gasteiger partial charge is 0.380 e. The molecule has 0 heterocycles. The van der Waals surface area contributed by atoms with E-state index in [0.29, 0.717) is 22.2 Å². The van der Waals surface area contributed by atoms with Gasteiger partial charge in [-0.1, -0.05) is 29.3 Å². The highest BCUT2D eigenvalue weighted by Gasteiger charge is 2.12. The average molecular weight is 352 g/mol. The predicted molar refractivity (Wildman–Crippen MR) is 95.2 cm³/mol. The molecule has 1 amide bonds. The molecule has 23 heavy (non-hydrogen) atoms. The van der Waals surface area contributed by atoms with E-state index >= 15 is 0 Å². The van der Waals surface area contributed by atoms with Crippen molar-refractivity contribution in [1.82, 2.24) is 5.32 Å². The van der Waals surface area contributed by atoms with Crippen molar-refractivity contribution in [3.63, 3.8) is 0 Å². The number of hydrogen-bond donors (Lipinski definition) is 1. The highest BCUT2D eigenvalue weighted by atomic mass is 35.5. The van der Waals surface area contributed by atoms with E-state index in [0.717, 1.165) is 16.7 Å². The average Bonchev–Trinajstić information content (AvgIpc) is 2.45. The Morgan fingerprint density at radius 2 is 1.78 bits per heavy atom. The van der Waals surface area contributed by atoms with Gasteiger partial charge < -0.3 is 10.1 Å². The third-order valence-corrected chi connectivity index (χ3v) is 3.70. The molecule has 0 aliphatic carbocycles. The number of benzene rings is 2. The molecule has 1 N–H and O–H groups in total. The fourth-order valence-corrected chi connectivity index (χ4v) is 2.87. The molecule has 3 nitrogen and oxygen atoms in total. The second kappa shape index (κ2) is 7.82. The molecule has 2 rings (SSSR count). The van der Waals surface area contributed by atoms with Crippen molar-refractivity contribution >= 4 is 29.1 Å². The van der Waals surface area contributed by atoms with Crippen LogP contribution in [0, 0.1) is 0 Å². The van der Waals surface area contributed by atoms with Gasteiger partial charge in [-0.15, -0.1) is 0 Å². The van der Waals surface area contributed by atoms with Crippen molar-refractivity contribution in [3.05, 3.63) is 57.6 Å². The van der Waals surface area contributed by atoms with Crippen LogP contribution in [0.1, 0.15) is 29.8 Å². The van der Waals surface area contributed by atoms with Crippen molar-refractivity contribution in [2.24, 2.45) is 0 Å². The summed E-state index contributed by atoms with van der Waals surface area (Å²) in [5.74, 6) is -0.104. The molecule has 0 aliphatic rings. The smallest absolute Gasteiger partial charge is 0.251 e. The van der Waals surface area contributed by atoms with Gasteiger partial charge in [-0.3, -0.25) is 4.79 Å². The number of rotatable bonds is 5. The minimum absolute atomic E-state index is 0.0831. The van der Waals surface area contributed by atoms with Crippen LogP contribution < -0.4 is 5.32 Å². The lowest BCUT2D eigenvalue weighted by Crippen LogP contribution is -2.30. The zero-order valence-corrected chi connectivity index (χ0v) is 14.8. The van der Waals surface area contributed by atoms with E-state index in [1.165, 1.54) is 0 Å². The molecule has 0 atom stereocenters. The molecular weight excluding hydrogens is 333 g/mol. The van der Waals surface area contributed by atoms with Crippen LogP contribution >= 0.6 is 23.2 Å². The first kappa shape index (κ1) is 17.8. The van der Waals surface area contributed by atoms with Crippen LogP contribution in [-0.2, 0) is 11.3 Å². The lowest BCUT2D eigenvalue weighted by Gasteiger charge is -2.13. The van der Waals surface area contributed by atoms with Crippen LogP contribution in [0.4, 0.5) is 0 Å². The predicted octanol–water partition coefficient (Wildman–Crippen LogP) is 4.95. The van der Waals surface area contributed by atoms with Gasteiger partial charge in [0.25, 0.3) is 5.91 Å².